The molecule has 0 unspecified atom stereocenters. The molecule has 1 aliphatic heterocycles. The fourth-order valence-corrected chi connectivity index (χ4v) is 2.18. The Balaban J connectivity index is 2.04. The largest absolute Gasteiger partial charge is 0.497 e. The number of piperidine rings is 1. The topological polar surface area (TPSA) is 41.5 Å². The number of aliphatic hydroxyl groups is 1. The number of rotatable bonds is 3. The average Bonchev–Trinajstić information content (AvgIpc) is 2.39. The van der Waals surface area contributed by atoms with Crippen LogP contribution < -0.4 is 10.1 Å². The van der Waals surface area contributed by atoms with Gasteiger partial charge in [-0.15, -0.1) is 0 Å². The van der Waals surface area contributed by atoms with Gasteiger partial charge in [0.1, 0.15) is 5.75 Å². The average molecular weight is 221 g/mol. The van der Waals surface area contributed by atoms with Crippen molar-refractivity contribution < 1.29 is 9.84 Å². The van der Waals surface area contributed by atoms with Crippen LogP contribution in [0.15, 0.2) is 24.3 Å². The maximum Gasteiger partial charge on any atom is 0.118 e. The number of benzene rings is 1. The molecule has 1 aromatic rings. The monoisotopic (exact) mass is 221 g/mol. The number of hydrogen-bond donors (Lipinski definition) is 2. The molecule has 0 spiro atoms. The minimum absolute atomic E-state index is 0.196. The standard InChI is InChI=1S/C13H19NO2/c1-16-11-7-5-10(6-8-11)13(15)12-4-2-3-9-14-12/h5-8,12-15H,2-4,9H2,1H3/t12-,13+/m1/s1. The van der Waals surface area contributed by atoms with E-state index in [9.17, 15) is 5.11 Å². The predicted octanol–water partition coefficient (Wildman–Crippen LogP) is 1.87. The van der Waals surface area contributed by atoms with Gasteiger partial charge in [-0.3, -0.25) is 0 Å². The predicted molar refractivity (Wildman–Crippen MR) is 63.6 cm³/mol. The van der Waals surface area contributed by atoms with Gasteiger partial charge in [0, 0.05) is 6.04 Å². The van der Waals surface area contributed by atoms with Crippen LogP contribution in [0.3, 0.4) is 0 Å². The number of nitrogens with one attached hydrogen (secondary N) is 1. The lowest BCUT2D eigenvalue weighted by Crippen LogP contribution is -2.38. The third kappa shape index (κ3) is 2.54. The molecule has 2 rings (SSSR count). The Hall–Kier alpha value is -1.06. The van der Waals surface area contributed by atoms with E-state index in [1.165, 1.54) is 12.8 Å². The van der Waals surface area contributed by atoms with Crippen molar-refractivity contribution >= 4 is 0 Å². The lowest BCUT2D eigenvalue weighted by Gasteiger charge is -2.28. The molecule has 2 atom stereocenters. The first kappa shape index (κ1) is 11.4. The fourth-order valence-electron chi connectivity index (χ4n) is 2.18. The Morgan fingerprint density at radius 2 is 2.06 bits per heavy atom. The molecule has 0 amide bonds. The molecule has 2 N–H and O–H groups in total. The van der Waals surface area contributed by atoms with Gasteiger partial charge in [-0.1, -0.05) is 18.6 Å². The third-order valence-corrected chi connectivity index (χ3v) is 3.19. The molecule has 1 aromatic carbocycles. The van der Waals surface area contributed by atoms with E-state index in [-0.39, 0.29) is 6.04 Å². The molecule has 0 aliphatic carbocycles. The molecular formula is C13H19NO2. The highest BCUT2D eigenvalue weighted by molar-refractivity contribution is 5.29. The van der Waals surface area contributed by atoms with Crippen LogP contribution in [-0.2, 0) is 0 Å². The molecule has 1 fully saturated rings. The summed E-state index contributed by atoms with van der Waals surface area (Å²) in [7, 11) is 1.65. The first-order valence-corrected chi connectivity index (χ1v) is 5.86. The van der Waals surface area contributed by atoms with Gasteiger partial charge in [-0.2, -0.15) is 0 Å². The summed E-state index contributed by atoms with van der Waals surface area (Å²) in [5.41, 5.74) is 0.959. The van der Waals surface area contributed by atoms with Gasteiger partial charge in [0.05, 0.1) is 13.2 Å². The van der Waals surface area contributed by atoms with Gasteiger partial charge >= 0.3 is 0 Å². The highest BCUT2D eigenvalue weighted by atomic mass is 16.5. The van der Waals surface area contributed by atoms with E-state index >= 15 is 0 Å². The smallest absolute Gasteiger partial charge is 0.118 e. The van der Waals surface area contributed by atoms with E-state index in [4.69, 9.17) is 4.74 Å². The summed E-state index contributed by atoms with van der Waals surface area (Å²) in [6.07, 6.45) is 3.05. The minimum Gasteiger partial charge on any atom is -0.497 e. The van der Waals surface area contributed by atoms with Gasteiger partial charge in [0.25, 0.3) is 0 Å². The fraction of sp³-hybridized carbons (Fsp3) is 0.538. The van der Waals surface area contributed by atoms with E-state index in [2.05, 4.69) is 5.32 Å². The summed E-state index contributed by atoms with van der Waals surface area (Å²) in [5, 5.41) is 13.6. The van der Waals surface area contributed by atoms with Crippen molar-refractivity contribution in [3.05, 3.63) is 29.8 Å². The highest BCUT2D eigenvalue weighted by Gasteiger charge is 2.22. The van der Waals surface area contributed by atoms with Crippen LogP contribution in [0, 0.1) is 0 Å². The molecule has 0 radical (unpaired) electrons. The molecule has 3 heteroatoms. The van der Waals surface area contributed by atoms with E-state index in [1.54, 1.807) is 7.11 Å². The Morgan fingerprint density at radius 1 is 1.31 bits per heavy atom. The summed E-state index contributed by atoms with van der Waals surface area (Å²) in [5.74, 6) is 0.826. The van der Waals surface area contributed by atoms with Crippen LogP contribution in [0.4, 0.5) is 0 Å². The number of ether oxygens (including phenoxy) is 1. The summed E-state index contributed by atoms with van der Waals surface area (Å²) >= 11 is 0. The SMILES string of the molecule is COc1ccc([C@H](O)[C@H]2CCCCN2)cc1. The van der Waals surface area contributed by atoms with E-state index < -0.39 is 6.10 Å². The lowest BCUT2D eigenvalue weighted by molar-refractivity contribution is 0.114. The molecule has 3 nitrogen and oxygen atoms in total. The highest BCUT2D eigenvalue weighted by Crippen LogP contribution is 2.24. The normalized spacial score (nSPS) is 22.8. The van der Waals surface area contributed by atoms with Crippen LogP contribution in [0.5, 0.6) is 5.75 Å². The molecule has 1 aliphatic rings. The summed E-state index contributed by atoms with van der Waals surface area (Å²) in [6.45, 7) is 1.01. The van der Waals surface area contributed by atoms with Crippen molar-refractivity contribution in [3.8, 4) is 5.75 Å². The molecule has 16 heavy (non-hydrogen) atoms. The van der Waals surface area contributed by atoms with Crippen LogP contribution in [0.1, 0.15) is 30.9 Å². The Labute approximate surface area is 96.4 Å². The van der Waals surface area contributed by atoms with Crippen LogP contribution in [0.25, 0.3) is 0 Å². The van der Waals surface area contributed by atoms with E-state index in [0.717, 1.165) is 24.3 Å². The lowest BCUT2D eigenvalue weighted by atomic mass is 9.95. The second-order valence-corrected chi connectivity index (χ2v) is 4.27. The molecule has 0 aromatic heterocycles. The van der Waals surface area contributed by atoms with Crippen LogP contribution in [-0.4, -0.2) is 24.8 Å². The minimum atomic E-state index is -0.411. The molecule has 1 heterocycles. The Kier molecular flexibility index (Phi) is 3.80. The first-order valence-electron chi connectivity index (χ1n) is 5.86. The number of aliphatic hydroxyl groups excluding tert-OH is 1. The van der Waals surface area contributed by atoms with Gasteiger partial charge in [0.2, 0.25) is 0 Å². The number of methoxy groups -OCH3 is 1. The Morgan fingerprint density at radius 3 is 2.62 bits per heavy atom. The van der Waals surface area contributed by atoms with Crippen molar-refractivity contribution in [3.63, 3.8) is 0 Å². The first-order chi connectivity index (χ1) is 7.81. The molecule has 0 bridgehead atoms. The van der Waals surface area contributed by atoms with Crippen molar-refractivity contribution in [2.24, 2.45) is 0 Å². The van der Waals surface area contributed by atoms with E-state index in [0.29, 0.717) is 0 Å². The molecule has 88 valence electrons. The zero-order valence-electron chi connectivity index (χ0n) is 9.65. The maximum absolute atomic E-state index is 10.2. The van der Waals surface area contributed by atoms with Gasteiger partial charge < -0.3 is 15.2 Å². The molecule has 0 saturated carbocycles. The molecular weight excluding hydrogens is 202 g/mol. The van der Waals surface area contributed by atoms with Crippen molar-refractivity contribution in [1.82, 2.24) is 5.32 Å². The maximum atomic E-state index is 10.2. The third-order valence-electron chi connectivity index (χ3n) is 3.19. The summed E-state index contributed by atoms with van der Waals surface area (Å²) in [6, 6.07) is 7.84. The van der Waals surface area contributed by atoms with Gasteiger partial charge in [0.15, 0.2) is 0 Å². The molecule has 1 saturated heterocycles. The zero-order chi connectivity index (χ0) is 11.4. The van der Waals surface area contributed by atoms with Crippen molar-refractivity contribution in [1.29, 1.82) is 0 Å². The zero-order valence-corrected chi connectivity index (χ0v) is 9.65. The quantitative estimate of drug-likeness (QED) is 0.818. The van der Waals surface area contributed by atoms with Crippen LogP contribution >= 0.6 is 0 Å². The van der Waals surface area contributed by atoms with Crippen molar-refractivity contribution in [2.45, 2.75) is 31.4 Å². The summed E-state index contributed by atoms with van der Waals surface area (Å²) < 4.78 is 5.10. The summed E-state index contributed by atoms with van der Waals surface area (Å²) in [4.78, 5) is 0. The number of hydrogen-bond acceptors (Lipinski definition) is 3. The van der Waals surface area contributed by atoms with Gasteiger partial charge in [-0.05, 0) is 37.1 Å². The Bertz CT molecular complexity index is 317. The second kappa shape index (κ2) is 5.32. The second-order valence-electron chi connectivity index (χ2n) is 4.27. The van der Waals surface area contributed by atoms with Gasteiger partial charge in [-0.25, -0.2) is 0 Å². The van der Waals surface area contributed by atoms with E-state index in [1.807, 2.05) is 24.3 Å². The van der Waals surface area contributed by atoms with Crippen molar-refractivity contribution in [2.75, 3.05) is 13.7 Å². The van der Waals surface area contributed by atoms with Crippen LogP contribution in [0.2, 0.25) is 0 Å².